The summed E-state index contributed by atoms with van der Waals surface area (Å²) in [6.45, 7) is 2.97. The van der Waals surface area contributed by atoms with Crippen LogP contribution in [0.2, 0.25) is 0 Å². The molecule has 0 saturated heterocycles. The summed E-state index contributed by atoms with van der Waals surface area (Å²) in [7, 11) is 0. The maximum Gasteiger partial charge on any atom is 0.319 e. The van der Waals surface area contributed by atoms with E-state index in [2.05, 4.69) is 60.1 Å². The monoisotopic (exact) mass is 460 g/mol. The molecule has 184 valence electrons. The maximum absolute atomic E-state index is 12.2. The van der Waals surface area contributed by atoms with Crippen LogP contribution in [0, 0.1) is 0 Å². The van der Waals surface area contributed by atoms with E-state index in [1.807, 2.05) is 36.4 Å². The van der Waals surface area contributed by atoms with E-state index in [1.165, 1.54) is 64.2 Å². The van der Waals surface area contributed by atoms with Gasteiger partial charge in [0.25, 0.3) is 0 Å². The van der Waals surface area contributed by atoms with Crippen LogP contribution in [-0.4, -0.2) is 12.6 Å². The molecular weight excluding hydrogens is 416 g/mol. The molecule has 3 nitrogen and oxygen atoms in total. The Bertz CT molecular complexity index is 842. The Labute approximate surface area is 207 Å². The fraction of sp³-hybridized carbons (Fsp3) is 0.452. The highest BCUT2D eigenvalue weighted by atomic mass is 16.2. The molecule has 0 fully saturated rings. The fourth-order valence-corrected chi connectivity index (χ4v) is 3.90. The lowest BCUT2D eigenvalue weighted by atomic mass is 10.1. The van der Waals surface area contributed by atoms with Crippen LogP contribution in [0.15, 0.2) is 78.9 Å². The van der Waals surface area contributed by atoms with Crippen molar-refractivity contribution < 1.29 is 4.79 Å². The molecule has 0 heterocycles. The summed E-state index contributed by atoms with van der Waals surface area (Å²) in [4.78, 5) is 12.2. The second kappa shape index (κ2) is 18.6. The highest BCUT2D eigenvalue weighted by molar-refractivity contribution is 5.90. The van der Waals surface area contributed by atoms with Gasteiger partial charge in [-0.1, -0.05) is 112 Å². The minimum atomic E-state index is -0.132. The zero-order valence-corrected chi connectivity index (χ0v) is 21.1. The number of urea groups is 1. The molecule has 2 N–H and O–H groups in total. The molecule has 0 aliphatic rings. The van der Waals surface area contributed by atoms with Gasteiger partial charge in [0.2, 0.25) is 0 Å². The number of benzene rings is 2. The highest BCUT2D eigenvalue weighted by Gasteiger charge is 2.03. The van der Waals surface area contributed by atoms with E-state index in [0.717, 1.165) is 36.2 Å². The van der Waals surface area contributed by atoms with Gasteiger partial charge in [0, 0.05) is 12.2 Å². The van der Waals surface area contributed by atoms with Crippen molar-refractivity contribution in [1.82, 2.24) is 5.32 Å². The van der Waals surface area contributed by atoms with Crippen LogP contribution in [-0.2, 0) is 0 Å². The molecule has 3 heteroatoms. The van der Waals surface area contributed by atoms with Crippen molar-refractivity contribution in [2.45, 2.75) is 84.0 Å². The fourth-order valence-electron chi connectivity index (χ4n) is 3.90. The van der Waals surface area contributed by atoms with Gasteiger partial charge in [0.05, 0.1) is 0 Å². The topological polar surface area (TPSA) is 41.1 Å². The van der Waals surface area contributed by atoms with Crippen molar-refractivity contribution in [2.24, 2.45) is 0 Å². The Morgan fingerprint density at radius 3 is 2.09 bits per heavy atom. The van der Waals surface area contributed by atoms with Crippen LogP contribution >= 0.6 is 0 Å². The quantitative estimate of drug-likeness (QED) is 0.179. The van der Waals surface area contributed by atoms with E-state index in [0.29, 0.717) is 0 Å². The lowest BCUT2D eigenvalue weighted by molar-refractivity contribution is 0.252. The Morgan fingerprint density at radius 2 is 1.35 bits per heavy atom. The standard InChI is InChI=1S/C31H44N2O/c1-2-3-4-5-6-7-8-9-10-11-12-13-14-15-16-20-26-32-31(34)33-30-25-21-24-29(27-30)28-22-18-17-19-23-28/h6-7,9-10,17-19,21-25,27H,2-5,8,11-16,20,26H2,1H3,(H2,32,33,34)/b7-6+,10-9-. The summed E-state index contributed by atoms with van der Waals surface area (Å²) in [5.41, 5.74) is 3.06. The van der Waals surface area contributed by atoms with Gasteiger partial charge in [-0.05, 0) is 61.8 Å². The Hall–Kier alpha value is -2.81. The van der Waals surface area contributed by atoms with Crippen LogP contribution in [0.5, 0.6) is 0 Å². The third kappa shape index (κ3) is 13.0. The highest BCUT2D eigenvalue weighted by Crippen LogP contribution is 2.22. The summed E-state index contributed by atoms with van der Waals surface area (Å²) >= 11 is 0. The van der Waals surface area contributed by atoms with E-state index >= 15 is 0 Å². The first kappa shape index (κ1) is 27.4. The van der Waals surface area contributed by atoms with Gasteiger partial charge in [-0.25, -0.2) is 4.79 Å². The predicted octanol–water partition coefficient (Wildman–Crippen LogP) is 9.29. The van der Waals surface area contributed by atoms with Gasteiger partial charge in [0.1, 0.15) is 0 Å². The molecule has 2 aromatic carbocycles. The zero-order chi connectivity index (χ0) is 24.1. The number of anilines is 1. The third-order valence-electron chi connectivity index (χ3n) is 5.89. The predicted molar refractivity (Wildman–Crippen MR) is 148 cm³/mol. The molecule has 0 bridgehead atoms. The van der Waals surface area contributed by atoms with Crippen molar-refractivity contribution in [3.63, 3.8) is 0 Å². The first-order valence-electron chi connectivity index (χ1n) is 13.3. The molecular formula is C31H44N2O. The van der Waals surface area contributed by atoms with Crippen molar-refractivity contribution in [2.75, 3.05) is 11.9 Å². The number of hydrogen-bond donors (Lipinski definition) is 2. The number of unbranched alkanes of at least 4 members (excludes halogenated alkanes) is 9. The molecule has 2 rings (SSSR count). The third-order valence-corrected chi connectivity index (χ3v) is 5.89. The molecule has 2 aromatic rings. The van der Waals surface area contributed by atoms with Crippen LogP contribution < -0.4 is 10.6 Å². The Morgan fingerprint density at radius 1 is 0.706 bits per heavy atom. The van der Waals surface area contributed by atoms with Crippen LogP contribution in [0.4, 0.5) is 10.5 Å². The Kier molecular flexibility index (Phi) is 15.0. The molecule has 0 aliphatic heterocycles. The number of hydrogen-bond acceptors (Lipinski definition) is 1. The van der Waals surface area contributed by atoms with Crippen molar-refractivity contribution in [3.05, 3.63) is 78.9 Å². The summed E-state index contributed by atoms with van der Waals surface area (Å²) < 4.78 is 0. The minimum Gasteiger partial charge on any atom is -0.338 e. The largest absolute Gasteiger partial charge is 0.338 e. The number of nitrogens with one attached hydrogen (secondary N) is 2. The first-order chi connectivity index (χ1) is 16.8. The van der Waals surface area contributed by atoms with Gasteiger partial charge < -0.3 is 10.6 Å². The number of carbonyl (C=O) groups excluding carboxylic acids is 1. The van der Waals surface area contributed by atoms with Crippen molar-refractivity contribution >= 4 is 11.7 Å². The average Bonchev–Trinajstić information content (AvgIpc) is 2.86. The first-order valence-corrected chi connectivity index (χ1v) is 13.3. The van der Waals surface area contributed by atoms with Crippen molar-refractivity contribution in [1.29, 1.82) is 0 Å². The molecule has 0 saturated carbocycles. The lowest BCUT2D eigenvalue weighted by Gasteiger charge is -2.09. The molecule has 2 amide bonds. The normalized spacial score (nSPS) is 11.3. The number of amides is 2. The van der Waals surface area contributed by atoms with E-state index in [4.69, 9.17) is 0 Å². The summed E-state index contributed by atoms with van der Waals surface area (Å²) in [5, 5.41) is 5.92. The smallest absolute Gasteiger partial charge is 0.319 e. The van der Waals surface area contributed by atoms with Gasteiger partial charge in [-0.15, -0.1) is 0 Å². The molecule has 0 radical (unpaired) electrons. The van der Waals surface area contributed by atoms with Crippen LogP contribution in [0.1, 0.15) is 84.0 Å². The summed E-state index contributed by atoms with van der Waals surface area (Å²) in [6.07, 6.45) is 24.0. The van der Waals surface area contributed by atoms with Crippen LogP contribution in [0.25, 0.3) is 11.1 Å². The molecule has 0 unspecified atom stereocenters. The van der Waals surface area contributed by atoms with E-state index in [1.54, 1.807) is 0 Å². The van der Waals surface area contributed by atoms with Gasteiger partial charge in [-0.3, -0.25) is 0 Å². The van der Waals surface area contributed by atoms with Gasteiger partial charge in [-0.2, -0.15) is 0 Å². The Balaban J connectivity index is 1.44. The van der Waals surface area contributed by atoms with Gasteiger partial charge >= 0.3 is 6.03 Å². The zero-order valence-electron chi connectivity index (χ0n) is 21.1. The molecule has 0 atom stereocenters. The minimum absolute atomic E-state index is 0.132. The SMILES string of the molecule is CCCCC/C=C/C/C=C\CCCCCCCCNC(=O)Nc1cccc(-c2ccccc2)c1. The van der Waals surface area contributed by atoms with Crippen molar-refractivity contribution in [3.8, 4) is 11.1 Å². The molecule has 0 aromatic heterocycles. The molecule has 0 spiro atoms. The summed E-state index contributed by atoms with van der Waals surface area (Å²) in [5.74, 6) is 0. The second-order valence-electron chi connectivity index (χ2n) is 8.91. The van der Waals surface area contributed by atoms with Crippen LogP contribution in [0.3, 0.4) is 0 Å². The lowest BCUT2D eigenvalue weighted by Crippen LogP contribution is -2.29. The molecule has 0 aliphatic carbocycles. The number of carbonyl (C=O) groups is 1. The van der Waals surface area contributed by atoms with E-state index in [-0.39, 0.29) is 6.03 Å². The second-order valence-corrected chi connectivity index (χ2v) is 8.91. The van der Waals surface area contributed by atoms with Gasteiger partial charge in [0.15, 0.2) is 0 Å². The maximum atomic E-state index is 12.2. The number of allylic oxidation sites excluding steroid dienone is 4. The summed E-state index contributed by atoms with van der Waals surface area (Å²) in [6, 6.07) is 18.0. The number of rotatable bonds is 17. The molecule has 34 heavy (non-hydrogen) atoms. The van der Waals surface area contributed by atoms with E-state index < -0.39 is 0 Å². The average molecular weight is 461 g/mol. The van der Waals surface area contributed by atoms with E-state index in [9.17, 15) is 4.79 Å².